The molecule has 1 N–H and O–H groups in total. The minimum Gasteiger partial charge on any atom is -0.392 e. The van der Waals surface area contributed by atoms with Gasteiger partial charge in [-0.1, -0.05) is 60.6 Å². The Bertz CT molecular complexity index is 477. The fraction of sp³-hybridized carbons (Fsp3) is 0.400. The fourth-order valence-corrected chi connectivity index (χ4v) is 1.83. The van der Waals surface area contributed by atoms with Gasteiger partial charge in [-0.25, -0.2) is 0 Å². The van der Waals surface area contributed by atoms with Crippen molar-refractivity contribution in [2.24, 2.45) is 0 Å². The van der Waals surface area contributed by atoms with Gasteiger partial charge in [-0.2, -0.15) is 0 Å². The molecule has 0 heterocycles. The summed E-state index contributed by atoms with van der Waals surface area (Å²) in [6.07, 6.45) is 12.6. The molecule has 22 heavy (non-hydrogen) atoms. The van der Waals surface area contributed by atoms with Crippen molar-refractivity contribution in [2.45, 2.75) is 38.7 Å². The Morgan fingerprint density at radius 2 is 1.77 bits per heavy atom. The molecule has 0 aliphatic heterocycles. The van der Waals surface area contributed by atoms with E-state index in [0.29, 0.717) is 6.61 Å². The molecule has 2 heteroatoms. The smallest absolute Gasteiger partial charge is 0.0716 e. The maximum Gasteiger partial charge on any atom is 0.0716 e. The molecule has 0 spiro atoms. The highest BCUT2D eigenvalue weighted by atomic mass is 16.5. The molecule has 0 aromatic heterocycles. The molecule has 1 aromatic rings. The normalized spacial score (nSPS) is 11.0. The molecule has 0 aliphatic carbocycles. The van der Waals surface area contributed by atoms with E-state index in [9.17, 15) is 0 Å². The molecular formula is C20H26O2. The highest BCUT2D eigenvalue weighted by molar-refractivity contribution is 5.13. The number of allylic oxidation sites excluding steroid dienone is 3. The Balaban J connectivity index is 1.91. The fourth-order valence-electron chi connectivity index (χ4n) is 1.83. The van der Waals surface area contributed by atoms with Crippen LogP contribution in [0.15, 0.2) is 54.6 Å². The maximum atomic E-state index is 8.56. The molecule has 0 unspecified atom stereocenters. The second-order valence-corrected chi connectivity index (χ2v) is 4.91. The van der Waals surface area contributed by atoms with E-state index in [-0.39, 0.29) is 6.61 Å². The van der Waals surface area contributed by atoms with Crippen LogP contribution in [0.1, 0.15) is 37.7 Å². The van der Waals surface area contributed by atoms with Crippen LogP contribution in [0.5, 0.6) is 0 Å². The van der Waals surface area contributed by atoms with Crippen molar-refractivity contribution in [1.82, 2.24) is 0 Å². The lowest BCUT2D eigenvalue weighted by atomic mass is 10.2. The Morgan fingerprint density at radius 1 is 0.955 bits per heavy atom. The third-order valence-electron chi connectivity index (χ3n) is 3.01. The molecule has 0 aliphatic rings. The van der Waals surface area contributed by atoms with Gasteiger partial charge >= 0.3 is 0 Å². The summed E-state index contributed by atoms with van der Waals surface area (Å²) in [6, 6.07) is 10.2. The molecule has 0 atom stereocenters. The molecule has 2 nitrogen and oxygen atoms in total. The summed E-state index contributed by atoms with van der Waals surface area (Å²) in [5.41, 5.74) is 1.22. The van der Waals surface area contributed by atoms with Crippen LogP contribution in [0.25, 0.3) is 0 Å². The molecule has 0 radical (unpaired) electrons. The predicted molar refractivity (Wildman–Crippen MR) is 92.3 cm³/mol. The monoisotopic (exact) mass is 298 g/mol. The molecule has 1 rings (SSSR count). The Kier molecular flexibility index (Phi) is 11.7. The van der Waals surface area contributed by atoms with Crippen molar-refractivity contribution < 1.29 is 9.84 Å². The van der Waals surface area contributed by atoms with E-state index in [1.165, 1.54) is 5.56 Å². The van der Waals surface area contributed by atoms with Crippen LogP contribution >= 0.6 is 0 Å². The average Bonchev–Trinajstić information content (AvgIpc) is 2.56. The number of hydrogen-bond acceptors (Lipinski definition) is 2. The number of aliphatic hydroxyl groups excluding tert-OH is 1. The molecular weight excluding hydrogens is 272 g/mol. The topological polar surface area (TPSA) is 29.5 Å². The summed E-state index contributed by atoms with van der Waals surface area (Å²) >= 11 is 0. The second kappa shape index (κ2) is 14.1. The lowest BCUT2D eigenvalue weighted by molar-refractivity contribution is 0.117. The van der Waals surface area contributed by atoms with E-state index in [0.717, 1.165) is 38.7 Å². The third kappa shape index (κ3) is 10.9. The summed E-state index contributed by atoms with van der Waals surface area (Å²) < 4.78 is 5.63. The van der Waals surface area contributed by atoms with E-state index in [1.54, 1.807) is 6.08 Å². The first-order valence-corrected chi connectivity index (χ1v) is 7.91. The van der Waals surface area contributed by atoms with Crippen molar-refractivity contribution >= 4 is 0 Å². The number of aliphatic hydroxyl groups is 1. The van der Waals surface area contributed by atoms with Gasteiger partial charge in [0.25, 0.3) is 0 Å². The van der Waals surface area contributed by atoms with Crippen LogP contribution < -0.4 is 0 Å². The van der Waals surface area contributed by atoms with Crippen LogP contribution in [-0.4, -0.2) is 18.3 Å². The van der Waals surface area contributed by atoms with E-state index in [4.69, 9.17) is 9.84 Å². The zero-order valence-electron chi connectivity index (χ0n) is 13.2. The minimum absolute atomic E-state index is 0.114. The van der Waals surface area contributed by atoms with E-state index in [2.05, 4.69) is 36.1 Å². The van der Waals surface area contributed by atoms with Crippen molar-refractivity contribution in [3.8, 4) is 11.8 Å². The standard InChI is InChI=1S/C20H26O2/c21-17-13-8-6-4-2-1-3-5-7-9-14-18-22-19-20-15-11-10-12-16-20/h2,4,8,10-13,15-16,21H,1,6-7,9,14,17-19H2/b4-2+,13-8+. The first-order valence-electron chi connectivity index (χ1n) is 7.91. The Morgan fingerprint density at radius 3 is 2.59 bits per heavy atom. The van der Waals surface area contributed by atoms with Gasteiger partial charge in [-0.05, 0) is 24.8 Å². The molecule has 0 amide bonds. The lowest BCUT2D eigenvalue weighted by Gasteiger charge is -2.02. The predicted octanol–water partition coefficient (Wildman–Crippen LogP) is 4.26. The molecule has 1 aromatic carbocycles. The molecule has 0 bridgehead atoms. The Hall–Kier alpha value is -1.82. The highest BCUT2D eigenvalue weighted by Gasteiger charge is 1.91. The van der Waals surface area contributed by atoms with Gasteiger partial charge in [0.15, 0.2) is 0 Å². The largest absolute Gasteiger partial charge is 0.392 e. The van der Waals surface area contributed by atoms with Gasteiger partial charge in [0.2, 0.25) is 0 Å². The van der Waals surface area contributed by atoms with Crippen LogP contribution in [-0.2, 0) is 11.3 Å². The van der Waals surface area contributed by atoms with Gasteiger partial charge in [-0.15, -0.1) is 5.92 Å². The van der Waals surface area contributed by atoms with Gasteiger partial charge < -0.3 is 9.84 Å². The average molecular weight is 298 g/mol. The highest BCUT2D eigenvalue weighted by Crippen LogP contribution is 2.02. The SMILES string of the molecule is OC/C=C/C/C=C/CC#CCCCCOCc1ccccc1. The summed E-state index contributed by atoms with van der Waals surface area (Å²) in [4.78, 5) is 0. The number of benzene rings is 1. The van der Waals surface area contributed by atoms with Crippen LogP contribution in [0.3, 0.4) is 0 Å². The zero-order chi connectivity index (χ0) is 15.7. The van der Waals surface area contributed by atoms with Gasteiger partial charge in [0.1, 0.15) is 0 Å². The molecule has 0 fully saturated rings. The maximum absolute atomic E-state index is 8.56. The van der Waals surface area contributed by atoms with Gasteiger partial charge in [0.05, 0.1) is 13.2 Å². The number of ether oxygens (including phenoxy) is 1. The minimum atomic E-state index is 0.114. The van der Waals surface area contributed by atoms with Crippen LogP contribution in [0.4, 0.5) is 0 Å². The van der Waals surface area contributed by atoms with Crippen molar-refractivity contribution in [1.29, 1.82) is 0 Å². The zero-order valence-corrected chi connectivity index (χ0v) is 13.2. The second-order valence-electron chi connectivity index (χ2n) is 4.91. The number of rotatable bonds is 10. The number of hydrogen-bond donors (Lipinski definition) is 1. The van der Waals surface area contributed by atoms with Crippen LogP contribution in [0.2, 0.25) is 0 Å². The van der Waals surface area contributed by atoms with Gasteiger partial charge in [-0.3, -0.25) is 0 Å². The van der Waals surface area contributed by atoms with Crippen molar-refractivity contribution in [2.75, 3.05) is 13.2 Å². The van der Waals surface area contributed by atoms with E-state index >= 15 is 0 Å². The molecule has 0 saturated carbocycles. The first-order chi connectivity index (χ1) is 10.9. The lowest BCUT2D eigenvalue weighted by Crippen LogP contribution is -1.95. The summed E-state index contributed by atoms with van der Waals surface area (Å²) in [6.45, 7) is 1.61. The molecule has 118 valence electrons. The molecule has 0 saturated heterocycles. The summed E-state index contributed by atoms with van der Waals surface area (Å²) in [5, 5.41) is 8.56. The van der Waals surface area contributed by atoms with E-state index in [1.807, 2.05) is 24.3 Å². The first kappa shape index (κ1) is 18.2. The Labute approximate surface area is 134 Å². The quantitative estimate of drug-likeness (QED) is 0.397. The van der Waals surface area contributed by atoms with Crippen molar-refractivity contribution in [3.63, 3.8) is 0 Å². The van der Waals surface area contributed by atoms with Crippen LogP contribution in [0, 0.1) is 11.8 Å². The summed E-state index contributed by atoms with van der Waals surface area (Å²) in [5.74, 6) is 6.32. The number of unbranched alkanes of at least 4 members (excludes halogenated alkanes) is 2. The van der Waals surface area contributed by atoms with Gasteiger partial charge in [0, 0.05) is 19.4 Å². The van der Waals surface area contributed by atoms with E-state index < -0.39 is 0 Å². The van der Waals surface area contributed by atoms with Crippen molar-refractivity contribution in [3.05, 3.63) is 60.2 Å². The third-order valence-corrected chi connectivity index (χ3v) is 3.01. The summed E-state index contributed by atoms with van der Waals surface area (Å²) in [7, 11) is 0.